The molecule has 2 aromatic rings. The number of nitrogens with one attached hydrogen (secondary N) is 1. The fourth-order valence-corrected chi connectivity index (χ4v) is 2.68. The van der Waals surface area contributed by atoms with Gasteiger partial charge in [-0.2, -0.15) is 10.2 Å². The molecule has 0 aromatic carbocycles. The number of hydrogen-bond acceptors (Lipinski definition) is 3. The second-order valence-corrected chi connectivity index (χ2v) is 6.80. The van der Waals surface area contributed by atoms with Crippen LogP contribution in [0.4, 0.5) is 0 Å². The van der Waals surface area contributed by atoms with E-state index in [1.54, 1.807) is 4.68 Å². The number of carbonyl (C=O) groups is 1. The van der Waals surface area contributed by atoms with Crippen molar-refractivity contribution in [3.05, 3.63) is 32.8 Å². The molecule has 6 nitrogen and oxygen atoms in total. The highest BCUT2D eigenvalue weighted by Gasteiger charge is 2.16. The van der Waals surface area contributed by atoms with Crippen LogP contribution in [-0.4, -0.2) is 32.0 Å². The monoisotopic (exact) mass is 401 g/mol. The van der Waals surface area contributed by atoms with Gasteiger partial charge in [0.05, 0.1) is 26.6 Å². The average molecular weight is 403 g/mol. The highest BCUT2D eigenvalue weighted by atomic mass is 79.9. The van der Waals surface area contributed by atoms with Crippen molar-refractivity contribution in [1.29, 1.82) is 0 Å². The van der Waals surface area contributed by atoms with Crippen LogP contribution in [0.5, 0.6) is 0 Å². The Bertz CT molecular complexity index is 690. The maximum Gasteiger partial charge on any atom is 0.244 e. The van der Waals surface area contributed by atoms with Crippen LogP contribution in [-0.2, 0) is 11.3 Å². The van der Waals surface area contributed by atoms with E-state index in [2.05, 4.69) is 31.4 Å². The highest BCUT2D eigenvalue weighted by Crippen LogP contribution is 2.19. The van der Waals surface area contributed by atoms with Gasteiger partial charge >= 0.3 is 0 Å². The summed E-state index contributed by atoms with van der Waals surface area (Å²) in [7, 11) is 0. The topological polar surface area (TPSA) is 64.7 Å². The summed E-state index contributed by atoms with van der Waals surface area (Å²) in [6.45, 7) is 8.86. The number of carbonyl (C=O) groups excluding carboxylic acids is 1. The van der Waals surface area contributed by atoms with Crippen molar-refractivity contribution in [2.24, 2.45) is 0 Å². The molecule has 0 bridgehead atoms. The molecule has 2 aromatic heterocycles. The molecule has 1 unspecified atom stereocenters. The van der Waals surface area contributed by atoms with Gasteiger partial charge in [-0.15, -0.1) is 0 Å². The van der Waals surface area contributed by atoms with Gasteiger partial charge in [-0.1, -0.05) is 11.6 Å². The average Bonchev–Trinajstić information content (AvgIpc) is 2.97. The zero-order valence-electron chi connectivity index (χ0n) is 13.7. The molecular formula is C15H21BrClN5O. The van der Waals surface area contributed by atoms with Gasteiger partial charge in [-0.25, -0.2) is 0 Å². The number of halogens is 2. The van der Waals surface area contributed by atoms with Crippen molar-refractivity contribution in [3.63, 3.8) is 0 Å². The molecule has 1 N–H and O–H groups in total. The van der Waals surface area contributed by atoms with Crippen LogP contribution in [0.1, 0.15) is 36.5 Å². The third-order valence-electron chi connectivity index (χ3n) is 3.77. The first-order chi connectivity index (χ1) is 10.8. The summed E-state index contributed by atoms with van der Waals surface area (Å²) >= 11 is 9.52. The summed E-state index contributed by atoms with van der Waals surface area (Å²) in [5.41, 5.74) is 2.66. The van der Waals surface area contributed by atoms with Crippen LogP contribution in [0.15, 0.2) is 10.7 Å². The quantitative estimate of drug-likeness (QED) is 0.755. The Morgan fingerprint density at radius 2 is 2.04 bits per heavy atom. The number of aromatic nitrogens is 4. The Labute approximate surface area is 149 Å². The van der Waals surface area contributed by atoms with Crippen molar-refractivity contribution >= 4 is 33.4 Å². The minimum Gasteiger partial charge on any atom is -0.354 e. The molecule has 23 heavy (non-hydrogen) atoms. The molecule has 0 spiro atoms. The van der Waals surface area contributed by atoms with Crippen molar-refractivity contribution in [3.8, 4) is 0 Å². The predicted molar refractivity (Wildman–Crippen MR) is 93.7 cm³/mol. The lowest BCUT2D eigenvalue weighted by atomic mass is 10.3. The van der Waals surface area contributed by atoms with E-state index in [0.717, 1.165) is 34.5 Å². The van der Waals surface area contributed by atoms with Crippen LogP contribution in [0.2, 0.25) is 5.02 Å². The molecule has 0 aliphatic carbocycles. The molecule has 1 atom stereocenters. The molecule has 0 fully saturated rings. The van der Waals surface area contributed by atoms with Gasteiger partial charge in [0.2, 0.25) is 5.91 Å². The lowest BCUT2D eigenvalue weighted by molar-refractivity contribution is -0.124. The molecule has 126 valence electrons. The lowest BCUT2D eigenvalue weighted by Gasteiger charge is -2.13. The summed E-state index contributed by atoms with van der Waals surface area (Å²) in [6.07, 6.45) is 2.61. The molecule has 0 aliphatic heterocycles. The summed E-state index contributed by atoms with van der Waals surface area (Å²) in [5.74, 6) is -0.0496. The molecule has 8 heteroatoms. The van der Waals surface area contributed by atoms with Crippen LogP contribution in [0, 0.1) is 20.8 Å². The first kappa shape index (κ1) is 18.0. The lowest BCUT2D eigenvalue weighted by Crippen LogP contribution is -2.32. The van der Waals surface area contributed by atoms with Gasteiger partial charge in [0.15, 0.2) is 0 Å². The minimum atomic E-state index is -0.344. The summed E-state index contributed by atoms with van der Waals surface area (Å²) < 4.78 is 4.44. The molecule has 1 amide bonds. The zero-order chi connectivity index (χ0) is 17.1. The standard InChI is InChI=1S/C15H21BrClN5O/c1-9-13(16)8-22(19-9)12(4)15(23)18-6-5-7-21-11(3)14(17)10(2)20-21/h8,12H,5-7H2,1-4H3,(H,18,23). The number of amides is 1. The third kappa shape index (κ3) is 4.14. The highest BCUT2D eigenvalue weighted by molar-refractivity contribution is 9.10. The van der Waals surface area contributed by atoms with Crippen molar-refractivity contribution in [1.82, 2.24) is 24.9 Å². The Hall–Kier alpha value is -1.34. The van der Waals surface area contributed by atoms with Gasteiger partial charge in [-0.3, -0.25) is 14.2 Å². The van der Waals surface area contributed by atoms with Gasteiger partial charge < -0.3 is 5.32 Å². The summed E-state index contributed by atoms with van der Waals surface area (Å²) in [6, 6.07) is -0.344. The fourth-order valence-electron chi connectivity index (χ4n) is 2.26. The van der Waals surface area contributed by atoms with E-state index in [9.17, 15) is 4.79 Å². The smallest absolute Gasteiger partial charge is 0.244 e. The number of aryl methyl sites for hydroxylation is 3. The molecular weight excluding hydrogens is 382 g/mol. The minimum absolute atomic E-state index is 0.0496. The van der Waals surface area contributed by atoms with E-state index < -0.39 is 0 Å². The maximum absolute atomic E-state index is 12.2. The molecule has 0 radical (unpaired) electrons. The first-order valence-electron chi connectivity index (χ1n) is 7.49. The van der Waals surface area contributed by atoms with E-state index in [1.165, 1.54) is 0 Å². The Kier molecular flexibility index (Phi) is 5.86. The number of rotatable bonds is 6. The van der Waals surface area contributed by atoms with E-state index in [-0.39, 0.29) is 11.9 Å². The Balaban J connectivity index is 1.81. The second kappa shape index (κ2) is 7.49. The molecule has 0 aliphatic rings. The van der Waals surface area contributed by atoms with E-state index >= 15 is 0 Å². The van der Waals surface area contributed by atoms with Crippen molar-refractivity contribution < 1.29 is 4.79 Å². The SMILES string of the molecule is Cc1nn(C(C)C(=O)NCCCn2nc(C)c(Cl)c2C)cc1Br. The van der Waals surface area contributed by atoms with Crippen LogP contribution < -0.4 is 5.32 Å². The predicted octanol–water partition coefficient (Wildman–Crippen LogP) is 3.19. The van der Waals surface area contributed by atoms with E-state index in [0.29, 0.717) is 11.6 Å². The largest absolute Gasteiger partial charge is 0.354 e. The van der Waals surface area contributed by atoms with Crippen LogP contribution in [0.25, 0.3) is 0 Å². The number of nitrogens with zero attached hydrogens (tertiary/aromatic N) is 4. The molecule has 2 rings (SSSR count). The first-order valence-corrected chi connectivity index (χ1v) is 8.66. The molecule has 0 saturated heterocycles. The second-order valence-electron chi connectivity index (χ2n) is 5.57. The maximum atomic E-state index is 12.2. The Morgan fingerprint density at radius 1 is 1.35 bits per heavy atom. The van der Waals surface area contributed by atoms with Crippen molar-refractivity contribution in [2.75, 3.05) is 6.54 Å². The summed E-state index contributed by atoms with van der Waals surface area (Å²) in [4.78, 5) is 12.2. The summed E-state index contributed by atoms with van der Waals surface area (Å²) in [5, 5.41) is 12.3. The Morgan fingerprint density at radius 3 is 2.57 bits per heavy atom. The number of hydrogen-bond donors (Lipinski definition) is 1. The van der Waals surface area contributed by atoms with Gasteiger partial charge in [0.25, 0.3) is 0 Å². The van der Waals surface area contributed by atoms with Crippen molar-refractivity contribution in [2.45, 2.75) is 46.7 Å². The van der Waals surface area contributed by atoms with Gasteiger partial charge in [0.1, 0.15) is 6.04 Å². The van der Waals surface area contributed by atoms with Crippen LogP contribution in [0.3, 0.4) is 0 Å². The van der Waals surface area contributed by atoms with Gasteiger partial charge in [-0.05, 0) is 50.0 Å². The third-order valence-corrected chi connectivity index (χ3v) is 5.10. The van der Waals surface area contributed by atoms with Crippen LogP contribution >= 0.6 is 27.5 Å². The van der Waals surface area contributed by atoms with Gasteiger partial charge in [0, 0.05) is 19.3 Å². The van der Waals surface area contributed by atoms with E-state index in [1.807, 2.05) is 38.6 Å². The molecule has 2 heterocycles. The van der Waals surface area contributed by atoms with E-state index in [4.69, 9.17) is 11.6 Å². The normalized spacial score (nSPS) is 12.4. The molecule has 0 saturated carbocycles. The zero-order valence-corrected chi connectivity index (χ0v) is 16.1. The fraction of sp³-hybridized carbons (Fsp3) is 0.533.